The Kier molecular flexibility index (Phi) is 7.86. The van der Waals surface area contributed by atoms with E-state index in [4.69, 9.17) is 4.74 Å². The molecule has 152 valence electrons. The van der Waals surface area contributed by atoms with Crippen LogP contribution in [-0.4, -0.2) is 41.0 Å². The lowest BCUT2D eigenvalue weighted by Crippen LogP contribution is -2.40. The van der Waals surface area contributed by atoms with Gasteiger partial charge in [-0.05, 0) is 50.8 Å². The van der Waals surface area contributed by atoms with E-state index in [0.717, 1.165) is 55.6 Å². The lowest BCUT2D eigenvalue weighted by Gasteiger charge is -2.31. The van der Waals surface area contributed by atoms with Gasteiger partial charge in [0.05, 0.1) is 0 Å². The number of hydrogen-bond acceptors (Lipinski definition) is 4. The maximum atomic E-state index is 12.3. The van der Waals surface area contributed by atoms with Crippen molar-refractivity contribution in [1.29, 1.82) is 5.26 Å². The molecule has 0 saturated heterocycles. The number of carbonyl (C=O) groups excluding carboxylic acids is 2. The molecule has 1 aliphatic carbocycles. The number of likely N-dealkylation sites (N-methyl/N-ethyl adjacent to an activating group) is 1. The third-order valence-corrected chi connectivity index (χ3v) is 5.54. The van der Waals surface area contributed by atoms with Gasteiger partial charge in [0, 0.05) is 31.0 Å². The summed E-state index contributed by atoms with van der Waals surface area (Å²) in [4.78, 5) is 26.3. The predicted octanol–water partition coefficient (Wildman–Crippen LogP) is 3.76. The third-order valence-electron chi connectivity index (χ3n) is 5.54. The van der Waals surface area contributed by atoms with Crippen LogP contribution >= 0.6 is 0 Å². The normalized spacial score (nSPS) is 15.2. The highest BCUT2D eigenvalue weighted by Crippen LogP contribution is 2.22. The monoisotopic (exact) mass is 385 g/mol. The van der Waals surface area contributed by atoms with Crippen LogP contribution in [0.3, 0.4) is 0 Å². The van der Waals surface area contributed by atoms with Crippen LogP contribution in [0.15, 0.2) is 11.6 Å². The first kappa shape index (κ1) is 21.7. The van der Waals surface area contributed by atoms with Gasteiger partial charge < -0.3 is 14.2 Å². The number of ether oxygens (including phenoxy) is 1. The molecular formula is C22H31N3O3. The van der Waals surface area contributed by atoms with Gasteiger partial charge in [0.2, 0.25) is 0 Å². The highest BCUT2D eigenvalue weighted by Gasteiger charge is 2.23. The van der Waals surface area contributed by atoms with E-state index in [1.807, 2.05) is 26.0 Å². The van der Waals surface area contributed by atoms with Gasteiger partial charge in [0.25, 0.3) is 5.91 Å². The second-order valence-electron chi connectivity index (χ2n) is 7.52. The van der Waals surface area contributed by atoms with Gasteiger partial charge in [0.15, 0.2) is 6.61 Å². The molecule has 28 heavy (non-hydrogen) atoms. The van der Waals surface area contributed by atoms with Crippen molar-refractivity contribution in [3.8, 4) is 6.07 Å². The molecule has 1 aromatic rings. The Morgan fingerprint density at radius 2 is 2.00 bits per heavy atom. The van der Waals surface area contributed by atoms with Crippen LogP contribution in [0.2, 0.25) is 0 Å². The summed E-state index contributed by atoms with van der Waals surface area (Å²) in [5, 5.41) is 9.39. The summed E-state index contributed by atoms with van der Waals surface area (Å²) >= 11 is 0. The molecule has 6 heteroatoms. The quantitative estimate of drug-likeness (QED) is 0.407. The molecule has 2 rings (SSSR count). The first-order valence-corrected chi connectivity index (χ1v) is 10.1. The molecule has 6 nitrogen and oxygen atoms in total. The molecule has 1 aliphatic rings. The first-order chi connectivity index (χ1) is 13.4. The van der Waals surface area contributed by atoms with Gasteiger partial charge in [-0.1, -0.05) is 26.2 Å². The van der Waals surface area contributed by atoms with E-state index < -0.39 is 5.97 Å². The van der Waals surface area contributed by atoms with E-state index in [1.165, 1.54) is 6.42 Å². The van der Waals surface area contributed by atoms with Crippen LogP contribution < -0.4 is 0 Å². The van der Waals surface area contributed by atoms with E-state index in [2.05, 4.69) is 11.5 Å². The van der Waals surface area contributed by atoms with E-state index in [0.29, 0.717) is 0 Å². The largest absolute Gasteiger partial charge is 0.451 e. The molecule has 0 bridgehead atoms. The number of rotatable bonds is 7. The summed E-state index contributed by atoms with van der Waals surface area (Å²) in [5.41, 5.74) is 2.82. The minimum Gasteiger partial charge on any atom is -0.451 e. The van der Waals surface area contributed by atoms with E-state index in [1.54, 1.807) is 18.0 Å². The van der Waals surface area contributed by atoms with Crippen molar-refractivity contribution in [1.82, 2.24) is 9.47 Å². The highest BCUT2D eigenvalue weighted by atomic mass is 16.5. The summed E-state index contributed by atoms with van der Waals surface area (Å²) < 4.78 is 7.30. The molecule has 0 spiro atoms. The van der Waals surface area contributed by atoms with Gasteiger partial charge in [-0.3, -0.25) is 4.79 Å². The zero-order valence-electron chi connectivity index (χ0n) is 17.5. The average Bonchev–Trinajstić information content (AvgIpc) is 2.97. The molecule has 0 unspecified atom stereocenters. The lowest BCUT2D eigenvalue weighted by molar-refractivity contribution is -0.149. The highest BCUT2D eigenvalue weighted by molar-refractivity contribution is 5.99. The molecule has 0 aromatic carbocycles. The second kappa shape index (κ2) is 10.1. The van der Waals surface area contributed by atoms with Crippen LogP contribution in [0.5, 0.6) is 0 Å². The minimum absolute atomic E-state index is 0.0927. The number of aromatic nitrogens is 1. The van der Waals surface area contributed by atoms with E-state index >= 15 is 0 Å². The Labute approximate surface area is 167 Å². The fourth-order valence-electron chi connectivity index (χ4n) is 3.81. The zero-order chi connectivity index (χ0) is 20.7. The topological polar surface area (TPSA) is 75.3 Å². The van der Waals surface area contributed by atoms with Crippen molar-refractivity contribution >= 4 is 18.0 Å². The van der Waals surface area contributed by atoms with Gasteiger partial charge in [-0.2, -0.15) is 5.26 Å². The van der Waals surface area contributed by atoms with Crippen molar-refractivity contribution in [3.05, 3.63) is 28.6 Å². The fourth-order valence-corrected chi connectivity index (χ4v) is 3.81. The Bertz CT molecular complexity index is 780. The molecule has 0 atom stereocenters. The molecule has 1 amide bonds. The Morgan fingerprint density at radius 3 is 2.61 bits per heavy atom. The first-order valence-electron chi connectivity index (χ1n) is 10.1. The number of amides is 1. The van der Waals surface area contributed by atoms with Gasteiger partial charge in [-0.25, -0.2) is 4.79 Å². The molecule has 1 fully saturated rings. The summed E-state index contributed by atoms with van der Waals surface area (Å²) in [6, 6.07) is 4.08. The Balaban J connectivity index is 2.01. The minimum atomic E-state index is -0.756. The Hall–Kier alpha value is -2.55. The number of aryl methyl sites for hydroxylation is 1. The van der Waals surface area contributed by atoms with Crippen molar-refractivity contribution in [2.24, 2.45) is 0 Å². The molecule has 0 radical (unpaired) electrons. The second-order valence-corrected chi connectivity index (χ2v) is 7.52. The summed E-state index contributed by atoms with van der Waals surface area (Å²) in [6.45, 7) is 6.63. The molecule has 1 saturated carbocycles. The maximum Gasteiger partial charge on any atom is 0.349 e. The summed E-state index contributed by atoms with van der Waals surface area (Å²) in [7, 11) is 1.76. The van der Waals surface area contributed by atoms with Crippen molar-refractivity contribution in [3.63, 3.8) is 0 Å². The number of esters is 1. The van der Waals surface area contributed by atoms with Crippen LogP contribution in [0.4, 0.5) is 0 Å². The van der Waals surface area contributed by atoms with E-state index in [-0.39, 0.29) is 24.1 Å². The molecule has 1 heterocycles. The van der Waals surface area contributed by atoms with Crippen molar-refractivity contribution < 1.29 is 14.3 Å². The van der Waals surface area contributed by atoms with Crippen molar-refractivity contribution in [2.75, 3.05) is 13.7 Å². The van der Waals surface area contributed by atoms with Crippen molar-refractivity contribution in [2.45, 2.75) is 71.9 Å². The average molecular weight is 386 g/mol. The van der Waals surface area contributed by atoms with Gasteiger partial charge >= 0.3 is 5.97 Å². The number of hydrogen-bond donors (Lipinski definition) is 0. The maximum absolute atomic E-state index is 12.3. The van der Waals surface area contributed by atoms with Crippen LogP contribution in [-0.2, 0) is 20.9 Å². The number of carbonyl (C=O) groups is 2. The smallest absolute Gasteiger partial charge is 0.349 e. The third kappa shape index (κ3) is 5.25. The summed E-state index contributed by atoms with van der Waals surface area (Å²) in [5.74, 6) is -0.980. The number of nitrogens with zero attached hydrogens (tertiary/aromatic N) is 3. The SMILES string of the molecule is CCCn1c(C)cc(/C=C(\C#N)C(=O)OCC(=O)N(C)C2CCCCC2)c1C. The van der Waals surface area contributed by atoms with Gasteiger partial charge in [0.1, 0.15) is 11.6 Å². The molecule has 1 aromatic heterocycles. The fraction of sp³-hybridized carbons (Fsp3) is 0.591. The molecular weight excluding hydrogens is 354 g/mol. The van der Waals surface area contributed by atoms with Crippen LogP contribution in [0.1, 0.15) is 62.4 Å². The predicted molar refractivity (Wildman–Crippen MR) is 108 cm³/mol. The van der Waals surface area contributed by atoms with Crippen LogP contribution in [0.25, 0.3) is 6.08 Å². The lowest BCUT2D eigenvalue weighted by atomic mass is 9.94. The van der Waals surface area contributed by atoms with Crippen LogP contribution in [0, 0.1) is 25.2 Å². The summed E-state index contributed by atoms with van der Waals surface area (Å²) in [6.07, 6.45) is 8.00. The molecule has 0 aliphatic heterocycles. The Morgan fingerprint density at radius 1 is 1.32 bits per heavy atom. The molecule has 0 N–H and O–H groups in total. The van der Waals surface area contributed by atoms with E-state index in [9.17, 15) is 14.9 Å². The zero-order valence-corrected chi connectivity index (χ0v) is 17.5. The van der Waals surface area contributed by atoms with Gasteiger partial charge in [-0.15, -0.1) is 0 Å². The standard InChI is InChI=1S/C22H31N3O3/c1-5-11-25-16(2)12-18(17(25)3)13-19(14-23)22(27)28-15-21(26)24(4)20-9-7-6-8-10-20/h12-13,20H,5-11,15H2,1-4H3/b19-13+. The number of nitriles is 1.